The van der Waals surface area contributed by atoms with Gasteiger partial charge in [0.1, 0.15) is 0 Å². The molecule has 32 heavy (non-hydrogen) atoms. The summed E-state index contributed by atoms with van der Waals surface area (Å²) in [6, 6.07) is 17.4. The molecular formula is C22H23N5O3S2. The Morgan fingerprint density at radius 1 is 0.969 bits per heavy atom. The van der Waals surface area contributed by atoms with E-state index in [1.165, 1.54) is 12.1 Å². The molecule has 3 aromatic rings. The first-order valence-electron chi connectivity index (χ1n) is 9.81. The van der Waals surface area contributed by atoms with Crippen molar-refractivity contribution in [2.24, 2.45) is 0 Å². The smallest absolute Gasteiger partial charge is 0.264 e. The lowest BCUT2D eigenvalue weighted by atomic mass is 10.1. The summed E-state index contributed by atoms with van der Waals surface area (Å²) in [6.07, 6.45) is 0.911. The van der Waals surface area contributed by atoms with Crippen molar-refractivity contribution in [2.75, 3.05) is 10.0 Å². The molecule has 0 unspecified atom stereocenters. The second-order valence-electron chi connectivity index (χ2n) is 7.09. The van der Waals surface area contributed by atoms with Crippen LogP contribution >= 0.6 is 12.2 Å². The largest absolute Gasteiger partial charge is 0.332 e. The molecule has 1 aromatic heterocycles. The molecule has 166 valence electrons. The average Bonchev–Trinajstić information content (AvgIpc) is 2.72. The molecule has 0 aliphatic carbocycles. The molecule has 0 aliphatic rings. The number of nitrogens with one attached hydrogen (secondary N) is 3. The highest BCUT2D eigenvalue weighted by Crippen LogP contribution is 2.17. The van der Waals surface area contributed by atoms with Gasteiger partial charge in [0.25, 0.3) is 10.0 Å². The molecule has 0 saturated heterocycles. The number of hydrogen-bond donors (Lipinski definition) is 3. The molecule has 3 N–H and O–H groups in total. The van der Waals surface area contributed by atoms with Gasteiger partial charge in [-0.2, -0.15) is 0 Å². The molecule has 0 bridgehead atoms. The van der Waals surface area contributed by atoms with E-state index in [4.69, 9.17) is 12.2 Å². The quantitative estimate of drug-likeness (QED) is 0.455. The molecule has 0 aliphatic heterocycles. The fourth-order valence-corrected chi connectivity index (χ4v) is 4.10. The number of anilines is 2. The number of aromatic nitrogens is 2. The lowest BCUT2D eigenvalue weighted by Crippen LogP contribution is -2.34. The van der Waals surface area contributed by atoms with Gasteiger partial charge < -0.3 is 10.6 Å². The summed E-state index contributed by atoms with van der Waals surface area (Å²) >= 11 is 5.17. The number of carbonyl (C=O) groups excluding carboxylic acids is 1. The number of thiocarbonyl (C=S) groups is 1. The average molecular weight is 470 g/mol. The van der Waals surface area contributed by atoms with E-state index in [-0.39, 0.29) is 21.9 Å². The van der Waals surface area contributed by atoms with Crippen LogP contribution in [0.15, 0.2) is 65.6 Å². The molecule has 3 rings (SSSR count). The maximum absolute atomic E-state index is 12.6. The van der Waals surface area contributed by atoms with E-state index in [1.54, 1.807) is 32.0 Å². The number of sulfonamides is 1. The third kappa shape index (κ3) is 6.82. The lowest BCUT2D eigenvalue weighted by molar-refractivity contribution is -0.119. The first-order chi connectivity index (χ1) is 15.2. The maximum Gasteiger partial charge on any atom is 0.264 e. The Kier molecular flexibility index (Phi) is 7.49. The Balaban J connectivity index is 1.55. The third-order valence-electron chi connectivity index (χ3n) is 4.37. The van der Waals surface area contributed by atoms with Gasteiger partial charge in [-0.15, -0.1) is 0 Å². The van der Waals surface area contributed by atoms with E-state index >= 15 is 0 Å². The first-order valence-corrected chi connectivity index (χ1v) is 11.7. The molecule has 1 heterocycles. The van der Waals surface area contributed by atoms with Gasteiger partial charge in [-0.25, -0.2) is 23.1 Å². The zero-order chi connectivity index (χ0) is 23.1. The number of rotatable bonds is 7. The van der Waals surface area contributed by atoms with Crippen LogP contribution in [0.4, 0.5) is 11.6 Å². The van der Waals surface area contributed by atoms with Gasteiger partial charge in [0.05, 0.1) is 4.90 Å². The highest BCUT2D eigenvalue weighted by atomic mass is 32.2. The molecule has 2 aromatic carbocycles. The minimum absolute atomic E-state index is 0.0177. The molecule has 0 saturated carbocycles. The van der Waals surface area contributed by atoms with Crippen LogP contribution in [0.25, 0.3) is 0 Å². The van der Waals surface area contributed by atoms with Crippen LogP contribution in [0.5, 0.6) is 0 Å². The highest BCUT2D eigenvalue weighted by molar-refractivity contribution is 7.92. The summed E-state index contributed by atoms with van der Waals surface area (Å²) in [7, 11) is -3.85. The van der Waals surface area contributed by atoms with Gasteiger partial charge >= 0.3 is 0 Å². The molecular weight excluding hydrogens is 446 g/mol. The van der Waals surface area contributed by atoms with Crippen molar-refractivity contribution in [3.8, 4) is 0 Å². The Morgan fingerprint density at radius 3 is 2.22 bits per heavy atom. The summed E-state index contributed by atoms with van der Waals surface area (Å²) in [5.74, 6) is -0.188. The van der Waals surface area contributed by atoms with Crippen molar-refractivity contribution in [2.45, 2.75) is 31.6 Å². The van der Waals surface area contributed by atoms with Crippen molar-refractivity contribution < 1.29 is 13.2 Å². The van der Waals surface area contributed by atoms with Crippen molar-refractivity contribution in [3.05, 3.63) is 77.6 Å². The Labute approximate surface area is 192 Å². The summed E-state index contributed by atoms with van der Waals surface area (Å²) in [6.45, 7) is 3.52. The summed E-state index contributed by atoms with van der Waals surface area (Å²) in [5, 5.41) is 5.63. The number of benzene rings is 2. The van der Waals surface area contributed by atoms with Crippen LogP contribution in [0, 0.1) is 13.8 Å². The van der Waals surface area contributed by atoms with Gasteiger partial charge in [-0.1, -0.05) is 30.3 Å². The van der Waals surface area contributed by atoms with Crippen LogP contribution in [0.1, 0.15) is 23.4 Å². The van der Waals surface area contributed by atoms with Crippen molar-refractivity contribution in [1.82, 2.24) is 15.3 Å². The zero-order valence-corrected chi connectivity index (χ0v) is 19.3. The van der Waals surface area contributed by atoms with Crippen LogP contribution in [-0.2, 0) is 21.2 Å². The van der Waals surface area contributed by atoms with Gasteiger partial charge in [0.2, 0.25) is 11.9 Å². The topological polar surface area (TPSA) is 113 Å². The number of carbonyl (C=O) groups is 1. The molecule has 0 atom stereocenters. The molecule has 1 amide bonds. The van der Waals surface area contributed by atoms with Crippen molar-refractivity contribution in [3.63, 3.8) is 0 Å². The second-order valence-corrected chi connectivity index (χ2v) is 9.18. The van der Waals surface area contributed by atoms with E-state index in [1.807, 2.05) is 30.3 Å². The zero-order valence-electron chi connectivity index (χ0n) is 17.6. The van der Waals surface area contributed by atoms with Crippen LogP contribution in [-0.4, -0.2) is 29.4 Å². The highest BCUT2D eigenvalue weighted by Gasteiger charge is 2.16. The van der Waals surface area contributed by atoms with E-state index in [9.17, 15) is 13.2 Å². The van der Waals surface area contributed by atoms with Crippen LogP contribution in [0.2, 0.25) is 0 Å². The molecule has 8 nitrogen and oxygen atoms in total. The predicted molar refractivity (Wildman–Crippen MR) is 128 cm³/mol. The molecule has 0 spiro atoms. The third-order valence-corrected chi connectivity index (χ3v) is 5.92. The van der Waals surface area contributed by atoms with E-state index in [0.29, 0.717) is 29.9 Å². The van der Waals surface area contributed by atoms with Gasteiger partial charge in [-0.05, 0) is 68.4 Å². The second kappa shape index (κ2) is 10.3. The Bertz CT molecular complexity index is 1190. The number of hydrogen-bond acceptors (Lipinski definition) is 6. The van der Waals surface area contributed by atoms with Gasteiger partial charge in [0.15, 0.2) is 5.11 Å². The summed E-state index contributed by atoms with van der Waals surface area (Å²) < 4.78 is 27.6. The monoisotopic (exact) mass is 469 g/mol. The minimum atomic E-state index is -3.85. The van der Waals surface area contributed by atoms with Crippen LogP contribution in [0.3, 0.4) is 0 Å². The van der Waals surface area contributed by atoms with E-state index in [0.717, 1.165) is 5.56 Å². The van der Waals surface area contributed by atoms with Gasteiger partial charge in [-0.3, -0.25) is 4.79 Å². The SMILES string of the molecule is Cc1cc(C)nc(NS(=O)(=O)c2ccc(NC(=S)NC(=O)CCc3ccccc3)cc2)n1. The standard InChI is InChI=1S/C22H23N5O3S2/c1-15-14-16(2)24-21(23-15)27-32(29,30)19-11-9-18(10-12-19)25-22(31)26-20(28)13-8-17-6-4-3-5-7-17/h3-7,9-12,14H,8,13H2,1-2H3,(H,23,24,27)(H2,25,26,28,31). The normalized spacial score (nSPS) is 10.9. The number of amides is 1. The first kappa shape index (κ1) is 23.3. The Hall–Kier alpha value is -3.37. The Morgan fingerprint density at radius 2 is 1.59 bits per heavy atom. The molecule has 0 radical (unpaired) electrons. The fraction of sp³-hybridized carbons (Fsp3) is 0.182. The van der Waals surface area contributed by atoms with Crippen molar-refractivity contribution in [1.29, 1.82) is 0 Å². The van der Waals surface area contributed by atoms with Crippen LogP contribution < -0.4 is 15.4 Å². The molecule has 10 heteroatoms. The number of nitrogens with zero attached hydrogens (tertiary/aromatic N) is 2. The van der Waals surface area contributed by atoms with Crippen molar-refractivity contribution >= 4 is 44.9 Å². The lowest BCUT2D eigenvalue weighted by Gasteiger charge is -2.11. The predicted octanol–water partition coefficient (Wildman–Crippen LogP) is 3.34. The summed E-state index contributed by atoms with van der Waals surface area (Å²) in [5.41, 5.74) is 2.93. The van der Waals surface area contributed by atoms with E-state index < -0.39 is 10.0 Å². The fourth-order valence-electron chi connectivity index (χ4n) is 2.92. The van der Waals surface area contributed by atoms with E-state index in [2.05, 4.69) is 25.3 Å². The minimum Gasteiger partial charge on any atom is -0.332 e. The molecule has 0 fully saturated rings. The van der Waals surface area contributed by atoms with Gasteiger partial charge in [0, 0.05) is 23.5 Å². The summed E-state index contributed by atoms with van der Waals surface area (Å²) in [4.78, 5) is 20.3. The maximum atomic E-state index is 12.6. The number of aryl methyl sites for hydroxylation is 3.